The average molecular weight is 365 g/mol. The minimum Gasteiger partial charge on any atom is -0.342 e. The summed E-state index contributed by atoms with van der Waals surface area (Å²) in [5.41, 5.74) is 0. The Labute approximate surface area is 160 Å². The van der Waals surface area contributed by atoms with Crippen molar-refractivity contribution in [2.45, 2.75) is 78.6 Å². The van der Waals surface area contributed by atoms with E-state index in [4.69, 9.17) is 0 Å². The molecule has 0 aromatic carbocycles. The highest BCUT2D eigenvalue weighted by Crippen LogP contribution is 2.27. The van der Waals surface area contributed by atoms with Gasteiger partial charge in [0, 0.05) is 31.3 Å². The number of hydrogen-bond acceptors (Lipinski definition) is 3. The fraction of sp³-hybridized carbons (Fsp3) is 0.909. The molecule has 1 N–H and O–H groups in total. The molecule has 2 fully saturated rings. The zero-order valence-electron chi connectivity index (χ0n) is 17.3. The van der Waals surface area contributed by atoms with E-state index >= 15 is 0 Å². The van der Waals surface area contributed by atoms with Gasteiger partial charge in [0.2, 0.25) is 5.91 Å². The van der Waals surface area contributed by atoms with Crippen molar-refractivity contribution in [3.05, 3.63) is 0 Å². The molecule has 1 atom stereocenters. The monoisotopic (exact) mass is 364 g/mol. The second-order valence-electron chi connectivity index (χ2n) is 8.82. The molecule has 0 aliphatic carbocycles. The van der Waals surface area contributed by atoms with Gasteiger partial charge in [-0.25, -0.2) is 0 Å². The molecule has 2 aliphatic heterocycles. The van der Waals surface area contributed by atoms with Crippen LogP contribution in [0.3, 0.4) is 0 Å². The Kier molecular flexibility index (Phi) is 9.10. The summed E-state index contributed by atoms with van der Waals surface area (Å²) in [4.78, 5) is 26.8. The molecule has 2 aliphatic rings. The van der Waals surface area contributed by atoms with Gasteiger partial charge in [-0.1, -0.05) is 40.0 Å². The number of carbonyl (C=O) groups excluding carboxylic acids is 2. The first-order valence-corrected chi connectivity index (χ1v) is 11.0. The molecule has 0 radical (unpaired) electrons. The standard InChI is InChI=1S/C22H40N2O2/c1-4-20(16-21(25)17(2)3)22(26)24-14-10-19(11-15-24)7-5-6-18-8-12-23-13-9-18/h17-20,23H,4-16H2,1-3H3. The zero-order chi connectivity index (χ0) is 18.9. The summed E-state index contributed by atoms with van der Waals surface area (Å²) in [6.45, 7) is 10.1. The first-order valence-electron chi connectivity index (χ1n) is 11.0. The number of piperidine rings is 2. The van der Waals surface area contributed by atoms with Crippen LogP contribution < -0.4 is 5.32 Å². The van der Waals surface area contributed by atoms with Gasteiger partial charge in [-0.15, -0.1) is 0 Å². The van der Waals surface area contributed by atoms with Crippen LogP contribution in [-0.4, -0.2) is 42.8 Å². The first-order chi connectivity index (χ1) is 12.5. The average Bonchev–Trinajstić information content (AvgIpc) is 2.66. The molecule has 1 amide bonds. The molecule has 4 heteroatoms. The second kappa shape index (κ2) is 11.1. The molecule has 2 heterocycles. The van der Waals surface area contributed by atoms with E-state index in [2.05, 4.69) is 5.32 Å². The minimum atomic E-state index is -0.110. The van der Waals surface area contributed by atoms with Crippen molar-refractivity contribution in [2.24, 2.45) is 23.7 Å². The van der Waals surface area contributed by atoms with Crippen molar-refractivity contribution in [1.82, 2.24) is 10.2 Å². The lowest BCUT2D eigenvalue weighted by atomic mass is 9.86. The summed E-state index contributed by atoms with van der Waals surface area (Å²) in [5.74, 6) is 2.08. The summed E-state index contributed by atoms with van der Waals surface area (Å²) in [6, 6.07) is 0. The lowest BCUT2D eigenvalue weighted by Gasteiger charge is -2.34. The van der Waals surface area contributed by atoms with Crippen molar-refractivity contribution < 1.29 is 9.59 Å². The van der Waals surface area contributed by atoms with E-state index in [1.54, 1.807) is 0 Å². The maximum atomic E-state index is 12.8. The molecule has 0 aromatic heterocycles. The molecule has 2 saturated heterocycles. The Morgan fingerprint density at radius 3 is 2.12 bits per heavy atom. The maximum Gasteiger partial charge on any atom is 0.226 e. The molecule has 0 bridgehead atoms. The normalized spacial score (nSPS) is 21.2. The Morgan fingerprint density at radius 1 is 1.00 bits per heavy atom. The van der Waals surface area contributed by atoms with Crippen LogP contribution in [0.15, 0.2) is 0 Å². The van der Waals surface area contributed by atoms with Crippen LogP contribution in [0.4, 0.5) is 0 Å². The van der Waals surface area contributed by atoms with Crippen LogP contribution in [0.1, 0.15) is 78.6 Å². The highest BCUT2D eigenvalue weighted by atomic mass is 16.2. The molecule has 2 rings (SSSR count). The highest BCUT2D eigenvalue weighted by Gasteiger charge is 2.29. The molecule has 26 heavy (non-hydrogen) atoms. The Bertz CT molecular complexity index is 435. The van der Waals surface area contributed by atoms with Gasteiger partial charge < -0.3 is 10.2 Å². The Balaban J connectivity index is 1.67. The van der Waals surface area contributed by atoms with Gasteiger partial charge in [0.05, 0.1) is 0 Å². The number of Topliss-reactive ketones (excluding diaryl/α,β-unsaturated/α-hetero) is 1. The van der Waals surface area contributed by atoms with Gasteiger partial charge in [0.1, 0.15) is 5.78 Å². The van der Waals surface area contributed by atoms with Crippen LogP contribution in [0.2, 0.25) is 0 Å². The molecular formula is C22H40N2O2. The topological polar surface area (TPSA) is 49.4 Å². The number of nitrogens with one attached hydrogen (secondary N) is 1. The maximum absolute atomic E-state index is 12.8. The largest absolute Gasteiger partial charge is 0.342 e. The van der Waals surface area contributed by atoms with Crippen molar-refractivity contribution in [2.75, 3.05) is 26.2 Å². The number of ketones is 1. The fourth-order valence-electron chi connectivity index (χ4n) is 4.45. The van der Waals surface area contributed by atoms with E-state index in [1.807, 2.05) is 25.7 Å². The lowest BCUT2D eigenvalue weighted by Crippen LogP contribution is -2.42. The number of carbonyl (C=O) groups is 2. The lowest BCUT2D eigenvalue weighted by molar-refractivity contribution is -0.140. The molecular weight excluding hydrogens is 324 g/mol. The molecule has 0 aromatic rings. The minimum absolute atomic E-state index is 0.0301. The predicted octanol–water partition coefficient (Wildman–Crippen LogP) is 4.04. The number of likely N-dealkylation sites (tertiary alicyclic amines) is 1. The molecule has 4 nitrogen and oxygen atoms in total. The quantitative estimate of drug-likeness (QED) is 0.672. The smallest absolute Gasteiger partial charge is 0.226 e. The van der Waals surface area contributed by atoms with E-state index in [0.717, 1.165) is 44.2 Å². The summed E-state index contributed by atoms with van der Waals surface area (Å²) in [5, 5.41) is 3.44. The van der Waals surface area contributed by atoms with E-state index in [0.29, 0.717) is 6.42 Å². The highest BCUT2D eigenvalue weighted by molar-refractivity contribution is 5.87. The number of amides is 1. The second-order valence-corrected chi connectivity index (χ2v) is 8.82. The van der Waals surface area contributed by atoms with Gasteiger partial charge in [-0.3, -0.25) is 9.59 Å². The summed E-state index contributed by atoms with van der Waals surface area (Å²) < 4.78 is 0. The number of rotatable bonds is 9. The fourth-order valence-corrected chi connectivity index (χ4v) is 4.45. The number of nitrogens with zero attached hydrogens (tertiary/aromatic N) is 1. The third-order valence-corrected chi connectivity index (χ3v) is 6.54. The number of hydrogen-bond donors (Lipinski definition) is 1. The summed E-state index contributed by atoms with van der Waals surface area (Å²) in [7, 11) is 0. The third-order valence-electron chi connectivity index (χ3n) is 6.54. The van der Waals surface area contributed by atoms with Crippen LogP contribution >= 0.6 is 0 Å². The van der Waals surface area contributed by atoms with Crippen LogP contribution in [0, 0.1) is 23.7 Å². The van der Waals surface area contributed by atoms with Crippen LogP contribution in [0.25, 0.3) is 0 Å². The third kappa shape index (κ3) is 6.68. The van der Waals surface area contributed by atoms with Crippen molar-refractivity contribution in [3.63, 3.8) is 0 Å². The van der Waals surface area contributed by atoms with Gasteiger partial charge in [-0.05, 0) is 57.0 Å². The van der Waals surface area contributed by atoms with E-state index < -0.39 is 0 Å². The SMILES string of the molecule is CCC(CC(=O)C(C)C)C(=O)N1CCC(CCCC2CCNCC2)CC1. The Hall–Kier alpha value is -0.900. The Morgan fingerprint density at radius 2 is 1.58 bits per heavy atom. The van der Waals surface area contributed by atoms with Crippen LogP contribution in [-0.2, 0) is 9.59 Å². The van der Waals surface area contributed by atoms with Crippen molar-refractivity contribution in [1.29, 1.82) is 0 Å². The summed E-state index contributed by atoms with van der Waals surface area (Å²) in [6.07, 6.45) is 10.2. The van der Waals surface area contributed by atoms with E-state index in [1.165, 1.54) is 45.2 Å². The van der Waals surface area contributed by atoms with Gasteiger partial charge >= 0.3 is 0 Å². The van der Waals surface area contributed by atoms with Gasteiger partial charge in [0.25, 0.3) is 0 Å². The van der Waals surface area contributed by atoms with E-state index in [-0.39, 0.29) is 23.5 Å². The van der Waals surface area contributed by atoms with Crippen molar-refractivity contribution in [3.8, 4) is 0 Å². The summed E-state index contributed by atoms with van der Waals surface area (Å²) >= 11 is 0. The van der Waals surface area contributed by atoms with E-state index in [9.17, 15) is 9.59 Å². The zero-order valence-corrected chi connectivity index (χ0v) is 17.3. The van der Waals surface area contributed by atoms with Crippen molar-refractivity contribution >= 4 is 11.7 Å². The van der Waals surface area contributed by atoms with Gasteiger partial charge in [0.15, 0.2) is 0 Å². The first kappa shape index (κ1) is 21.4. The molecule has 1 unspecified atom stereocenters. The van der Waals surface area contributed by atoms with Gasteiger partial charge in [-0.2, -0.15) is 0 Å². The molecule has 0 spiro atoms. The molecule has 0 saturated carbocycles. The predicted molar refractivity (Wildman–Crippen MR) is 107 cm³/mol. The van der Waals surface area contributed by atoms with Crippen LogP contribution in [0.5, 0.6) is 0 Å². The molecule has 150 valence electrons.